The van der Waals surface area contributed by atoms with Crippen LogP contribution in [0, 0.1) is 5.82 Å². The van der Waals surface area contributed by atoms with E-state index >= 15 is 0 Å². The molecule has 0 saturated heterocycles. The monoisotopic (exact) mass is 223 g/mol. The molecule has 0 saturated carbocycles. The summed E-state index contributed by atoms with van der Waals surface area (Å²) in [4.78, 5) is 0. The lowest BCUT2D eigenvalue weighted by atomic mass is 10.1. The van der Waals surface area contributed by atoms with Gasteiger partial charge in [-0.25, -0.2) is 4.39 Å². The van der Waals surface area contributed by atoms with Gasteiger partial charge >= 0.3 is 0 Å². The number of ether oxygens (including phenoxy) is 1. The molecule has 0 aliphatic heterocycles. The van der Waals surface area contributed by atoms with Gasteiger partial charge in [-0.1, -0.05) is 25.6 Å². The first-order valence-electron chi connectivity index (χ1n) is 5.50. The Hall–Kier alpha value is -1.35. The van der Waals surface area contributed by atoms with Crippen LogP contribution in [-0.2, 0) is 11.3 Å². The molecule has 0 aromatic heterocycles. The van der Waals surface area contributed by atoms with E-state index in [1.165, 1.54) is 0 Å². The molecule has 1 N–H and O–H groups in total. The van der Waals surface area contributed by atoms with Crippen molar-refractivity contribution in [2.45, 2.75) is 20.4 Å². The summed E-state index contributed by atoms with van der Waals surface area (Å²) in [7, 11) is 0. The Morgan fingerprint density at radius 2 is 2.19 bits per heavy atom. The zero-order valence-corrected chi connectivity index (χ0v) is 9.85. The van der Waals surface area contributed by atoms with Crippen molar-refractivity contribution in [3.63, 3.8) is 0 Å². The van der Waals surface area contributed by atoms with Gasteiger partial charge in [-0.05, 0) is 19.5 Å². The van der Waals surface area contributed by atoms with E-state index in [-0.39, 0.29) is 5.82 Å². The Bertz CT molecular complexity index is 363. The second kappa shape index (κ2) is 6.28. The molecule has 0 unspecified atom stereocenters. The molecule has 2 nitrogen and oxygen atoms in total. The summed E-state index contributed by atoms with van der Waals surface area (Å²) in [5.74, 6) is 0.139. The van der Waals surface area contributed by atoms with E-state index in [1.54, 1.807) is 12.1 Å². The average molecular weight is 223 g/mol. The summed E-state index contributed by atoms with van der Waals surface area (Å²) in [6.07, 6.45) is 0. The lowest BCUT2D eigenvalue weighted by Crippen LogP contribution is -2.13. The zero-order chi connectivity index (χ0) is 12.0. The normalized spacial score (nSPS) is 10.2. The van der Waals surface area contributed by atoms with Gasteiger partial charge in [-0.15, -0.1) is 0 Å². The molecule has 88 valence electrons. The number of halogens is 1. The molecule has 0 radical (unpaired) electrons. The maximum Gasteiger partial charge on any atom is 0.138 e. The second-order valence-electron chi connectivity index (χ2n) is 3.42. The Morgan fingerprint density at radius 1 is 1.44 bits per heavy atom. The first kappa shape index (κ1) is 12.7. The van der Waals surface area contributed by atoms with Crippen molar-refractivity contribution in [3.05, 3.63) is 41.7 Å². The molecule has 0 bridgehead atoms. The predicted molar refractivity (Wildman–Crippen MR) is 64.4 cm³/mol. The fraction of sp³-hybridized carbons (Fsp3) is 0.385. The average Bonchev–Trinajstić information content (AvgIpc) is 2.28. The van der Waals surface area contributed by atoms with E-state index in [9.17, 15) is 4.39 Å². The van der Waals surface area contributed by atoms with Gasteiger partial charge in [0.05, 0.1) is 12.2 Å². The third-order valence-corrected chi connectivity index (χ3v) is 2.26. The van der Waals surface area contributed by atoms with E-state index in [4.69, 9.17) is 4.74 Å². The number of benzene rings is 1. The summed E-state index contributed by atoms with van der Waals surface area (Å²) in [5, 5.41) is 3.09. The van der Waals surface area contributed by atoms with Gasteiger partial charge in [0.2, 0.25) is 0 Å². The summed E-state index contributed by atoms with van der Waals surface area (Å²) >= 11 is 0. The van der Waals surface area contributed by atoms with Crippen molar-refractivity contribution in [1.29, 1.82) is 0 Å². The highest BCUT2D eigenvalue weighted by atomic mass is 19.1. The van der Waals surface area contributed by atoms with Crippen LogP contribution in [-0.4, -0.2) is 13.2 Å². The van der Waals surface area contributed by atoms with Gasteiger partial charge in [-0.3, -0.25) is 0 Å². The Morgan fingerprint density at radius 3 is 2.81 bits per heavy atom. The molecule has 0 atom stereocenters. The number of hydrogen-bond acceptors (Lipinski definition) is 2. The summed E-state index contributed by atoms with van der Waals surface area (Å²) in [5.41, 5.74) is 1.08. The summed E-state index contributed by atoms with van der Waals surface area (Å²) in [6.45, 7) is 9.39. The SMILES string of the molecule is C=C(OCC)c1cccc(CNCC)c1F. The summed E-state index contributed by atoms with van der Waals surface area (Å²) in [6, 6.07) is 5.26. The van der Waals surface area contributed by atoms with E-state index in [1.807, 2.05) is 19.9 Å². The highest BCUT2D eigenvalue weighted by Crippen LogP contribution is 2.20. The Labute approximate surface area is 96.1 Å². The van der Waals surface area contributed by atoms with Crippen LogP contribution < -0.4 is 5.32 Å². The largest absolute Gasteiger partial charge is 0.494 e. The van der Waals surface area contributed by atoms with Crippen LogP contribution in [0.5, 0.6) is 0 Å². The van der Waals surface area contributed by atoms with Crippen molar-refractivity contribution < 1.29 is 9.13 Å². The predicted octanol–water partition coefficient (Wildman–Crippen LogP) is 2.94. The molecule has 0 heterocycles. The van der Waals surface area contributed by atoms with Crippen LogP contribution in [0.1, 0.15) is 25.0 Å². The molecule has 1 aromatic rings. The number of rotatable bonds is 6. The third-order valence-electron chi connectivity index (χ3n) is 2.26. The van der Waals surface area contributed by atoms with E-state index in [0.717, 1.165) is 6.54 Å². The van der Waals surface area contributed by atoms with Crippen molar-refractivity contribution in [3.8, 4) is 0 Å². The van der Waals surface area contributed by atoms with E-state index in [2.05, 4.69) is 11.9 Å². The molecule has 3 heteroatoms. The smallest absolute Gasteiger partial charge is 0.138 e. The third kappa shape index (κ3) is 3.07. The lowest BCUT2D eigenvalue weighted by Gasteiger charge is -2.11. The van der Waals surface area contributed by atoms with Gasteiger partial charge in [0, 0.05) is 12.1 Å². The van der Waals surface area contributed by atoms with Gasteiger partial charge in [0.15, 0.2) is 0 Å². The molecule has 0 aliphatic rings. The first-order valence-corrected chi connectivity index (χ1v) is 5.50. The first-order chi connectivity index (χ1) is 7.70. The molecular weight excluding hydrogens is 205 g/mol. The standard InChI is InChI=1S/C13H18FNO/c1-4-15-9-11-7-6-8-12(13(11)14)10(3)16-5-2/h6-8,15H,3-5,9H2,1-2H3. The summed E-state index contributed by atoms with van der Waals surface area (Å²) < 4.78 is 19.2. The minimum Gasteiger partial charge on any atom is -0.494 e. The van der Waals surface area contributed by atoms with Gasteiger partial charge in [-0.2, -0.15) is 0 Å². The molecule has 0 amide bonds. The molecule has 1 rings (SSSR count). The van der Waals surface area contributed by atoms with Crippen LogP contribution in [0.25, 0.3) is 5.76 Å². The van der Waals surface area contributed by atoms with Crippen LogP contribution >= 0.6 is 0 Å². The minimum atomic E-state index is -0.248. The maximum atomic E-state index is 14.0. The van der Waals surface area contributed by atoms with Crippen molar-refractivity contribution in [1.82, 2.24) is 5.32 Å². The van der Waals surface area contributed by atoms with Crippen molar-refractivity contribution in [2.24, 2.45) is 0 Å². The van der Waals surface area contributed by atoms with Gasteiger partial charge < -0.3 is 10.1 Å². The fourth-order valence-corrected chi connectivity index (χ4v) is 1.44. The van der Waals surface area contributed by atoms with Crippen LogP contribution in [0.4, 0.5) is 4.39 Å². The minimum absolute atomic E-state index is 0.248. The molecule has 16 heavy (non-hydrogen) atoms. The Balaban J connectivity index is 2.89. The highest BCUT2D eigenvalue weighted by molar-refractivity contribution is 5.59. The molecule has 1 aromatic carbocycles. The molecule has 0 aliphatic carbocycles. The number of hydrogen-bond donors (Lipinski definition) is 1. The number of nitrogens with one attached hydrogen (secondary N) is 1. The lowest BCUT2D eigenvalue weighted by molar-refractivity contribution is 0.297. The molecule has 0 spiro atoms. The highest BCUT2D eigenvalue weighted by Gasteiger charge is 2.10. The fourth-order valence-electron chi connectivity index (χ4n) is 1.44. The topological polar surface area (TPSA) is 21.3 Å². The maximum absolute atomic E-state index is 14.0. The quantitative estimate of drug-likeness (QED) is 0.749. The van der Waals surface area contributed by atoms with Crippen LogP contribution in [0.15, 0.2) is 24.8 Å². The van der Waals surface area contributed by atoms with Crippen LogP contribution in [0.2, 0.25) is 0 Å². The second-order valence-corrected chi connectivity index (χ2v) is 3.42. The van der Waals surface area contributed by atoms with E-state index < -0.39 is 0 Å². The molecular formula is C13H18FNO. The van der Waals surface area contributed by atoms with Crippen molar-refractivity contribution in [2.75, 3.05) is 13.2 Å². The van der Waals surface area contributed by atoms with Crippen molar-refractivity contribution >= 4 is 5.76 Å². The van der Waals surface area contributed by atoms with E-state index in [0.29, 0.717) is 30.0 Å². The Kier molecular flexibility index (Phi) is 4.99. The van der Waals surface area contributed by atoms with Gasteiger partial charge in [0.25, 0.3) is 0 Å². The van der Waals surface area contributed by atoms with Gasteiger partial charge in [0.1, 0.15) is 11.6 Å². The zero-order valence-electron chi connectivity index (χ0n) is 9.85. The molecule has 0 fully saturated rings. The van der Waals surface area contributed by atoms with Crippen LogP contribution in [0.3, 0.4) is 0 Å².